The molecule has 0 fully saturated rings. The van der Waals surface area contributed by atoms with E-state index in [-0.39, 0.29) is 5.56 Å². The molecule has 0 amide bonds. The SMILES string of the molecule is O=c1cc(CI)cc(-c2ccccc2)n1Cc1ccccc1. The van der Waals surface area contributed by atoms with Gasteiger partial charge in [0, 0.05) is 10.5 Å². The fourth-order valence-corrected chi connectivity index (χ4v) is 2.95. The molecule has 0 aliphatic heterocycles. The number of hydrogen-bond donors (Lipinski definition) is 0. The zero-order valence-corrected chi connectivity index (χ0v) is 14.2. The predicted molar refractivity (Wildman–Crippen MR) is 99.4 cm³/mol. The first-order chi connectivity index (χ1) is 10.8. The largest absolute Gasteiger partial charge is 0.304 e. The highest BCUT2D eigenvalue weighted by atomic mass is 127. The number of aromatic nitrogens is 1. The first-order valence-electron chi connectivity index (χ1n) is 7.17. The van der Waals surface area contributed by atoms with Crippen LogP contribution in [0, 0.1) is 0 Å². The Morgan fingerprint density at radius 2 is 1.45 bits per heavy atom. The highest BCUT2D eigenvalue weighted by molar-refractivity contribution is 14.1. The highest BCUT2D eigenvalue weighted by Gasteiger charge is 2.09. The number of halogens is 1. The third-order valence-corrected chi connectivity index (χ3v) is 4.48. The molecule has 0 spiro atoms. The van der Waals surface area contributed by atoms with E-state index < -0.39 is 0 Å². The maximum atomic E-state index is 12.6. The summed E-state index contributed by atoms with van der Waals surface area (Å²) in [5, 5.41) is 0. The minimum absolute atomic E-state index is 0.0527. The van der Waals surface area contributed by atoms with Gasteiger partial charge in [-0.15, -0.1) is 0 Å². The summed E-state index contributed by atoms with van der Waals surface area (Å²) < 4.78 is 2.68. The van der Waals surface area contributed by atoms with Crippen LogP contribution in [0.3, 0.4) is 0 Å². The van der Waals surface area contributed by atoms with E-state index in [1.54, 1.807) is 6.07 Å². The van der Waals surface area contributed by atoms with E-state index in [1.807, 2.05) is 65.2 Å². The van der Waals surface area contributed by atoms with E-state index in [4.69, 9.17) is 0 Å². The molecule has 0 atom stereocenters. The Hall–Kier alpha value is -1.88. The van der Waals surface area contributed by atoms with Gasteiger partial charge < -0.3 is 4.57 Å². The van der Waals surface area contributed by atoms with Crippen LogP contribution in [0.4, 0.5) is 0 Å². The number of hydrogen-bond acceptors (Lipinski definition) is 1. The molecule has 2 nitrogen and oxygen atoms in total. The maximum Gasteiger partial charge on any atom is 0.251 e. The lowest BCUT2D eigenvalue weighted by Crippen LogP contribution is -2.22. The van der Waals surface area contributed by atoms with Gasteiger partial charge in [-0.2, -0.15) is 0 Å². The van der Waals surface area contributed by atoms with Gasteiger partial charge in [0.1, 0.15) is 0 Å². The van der Waals surface area contributed by atoms with Gasteiger partial charge in [0.05, 0.1) is 12.2 Å². The first kappa shape index (κ1) is 15.0. The van der Waals surface area contributed by atoms with Crippen LogP contribution < -0.4 is 5.56 Å². The van der Waals surface area contributed by atoms with Crippen molar-refractivity contribution in [1.29, 1.82) is 0 Å². The topological polar surface area (TPSA) is 22.0 Å². The van der Waals surface area contributed by atoms with Gasteiger partial charge in [-0.3, -0.25) is 4.79 Å². The van der Waals surface area contributed by atoms with Crippen molar-refractivity contribution in [2.24, 2.45) is 0 Å². The molecular weight excluding hydrogens is 385 g/mol. The standard InChI is InChI=1S/C19H16INO/c20-13-16-11-18(17-9-5-2-6-10-17)21(19(22)12-16)14-15-7-3-1-4-8-15/h1-12H,13-14H2. The molecular formula is C19H16INO. The number of alkyl halides is 1. The fourth-order valence-electron chi connectivity index (χ4n) is 2.50. The second-order valence-electron chi connectivity index (χ2n) is 5.16. The molecule has 0 saturated carbocycles. The van der Waals surface area contributed by atoms with Gasteiger partial charge in [-0.1, -0.05) is 83.3 Å². The Morgan fingerprint density at radius 1 is 0.818 bits per heavy atom. The zero-order chi connectivity index (χ0) is 15.4. The van der Waals surface area contributed by atoms with Crippen molar-refractivity contribution in [2.45, 2.75) is 11.0 Å². The van der Waals surface area contributed by atoms with Gasteiger partial charge >= 0.3 is 0 Å². The molecule has 3 aromatic rings. The van der Waals surface area contributed by atoms with Crippen LogP contribution in [0.15, 0.2) is 77.6 Å². The first-order valence-corrected chi connectivity index (χ1v) is 8.69. The lowest BCUT2D eigenvalue weighted by Gasteiger charge is -2.14. The fraction of sp³-hybridized carbons (Fsp3) is 0.105. The molecule has 1 aromatic heterocycles. The van der Waals surface area contributed by atoms with Crippen molar-refractivity contribution in [3.8, 4) is 11.3 Å². The predicted octanol–water partition coefficient (Wildman–Crippen LogP) is 4.50. The van der Waals surface area contributed by atoms with Crippen LogP contribution in [0.5, 0.6) is 0 Å². The molecule has 2 aromatic carbocycles. The lowest BCUT2D eigenvalue weighted by molar-refractivity contribution is 0.766. The van der Waals surface area contributed by atoms with Crippen molar-refractivity contribution in [1.82, 2.24) is 4.57 Å². The van der Waals surface area contributed by atoms with Crippen LogP contribution in [0.1, 0.15) is 11.1 Å². The molecule has 3 rings (SSSR count). The maximum absolute atomic E-state index is 12.6. The summed E-state index contributed by atoms with van der Waals surface area (Å²) in [6.07, 6.45) is 0. The number of benzene rings is 2. The lowest BCUT2D eigenvalue weighted by atomic mass is 10.1. The Morgan fingerprint density at radius 3 is 2.09 bits per heavy atom. The van der Waals surface area contributed by atoms with Crippen molar-refractivity contribution in [3.63, 3.8) is 0 Å². The van der Waals surface area contributed by atoms with Crippen LogP contribution in [-0.4, -0.2) is 4.57 Å². The van der Waals surface area contributed by atoms with E-state index in [2.05, 4.69) is 28.7 Å². The van der Waals surface area contributed by atoms with Crippen LogP contribution in [0.25, 0.3) is 11.3 Å². The molecule has 0 unspecified atom stereocenters. The van der Waals surface area contributed by atoms with Gasteiger partial charge in [-0.05, 0) is 22.8 Å². The molecule has 0 bridgehead atoms. The van der Waals surface area contributed by atoms with Gasteiger partial charge in [0.25, 0.3) is 5.56 Å². The average molecular weight is 401 g/mol. The van der Waals surface area contributed by atoms with E-state index in [0.29, 0.717) is 6.54 Å². The third kappa shape index (κ3) is 3.30. The van der Waals surface area contributed by atoms with E-state index >= 15 is 0 Å². The van der Waals surface area contributed by atoms with Crippen molar-refractivity contribution >= 4 is 22.6 Å². The monoisotopic (exact) mass is 401 g/mol. The smallest absolute Gasteiger partial charge is 0.251 e. The Bertz CT molecular complexity index is 810. The molecule has 0 saturated heterocycles. The van der Waals surface area contributed by atoms with Crippen molar-refractivity contribution < 1.29 is 0 Å². The van der Waals surface area contributed by atoms with E-state index in [0.717, 1.165) is 26.8 Å². The van der Waals surface area contributed by atoms with Gasteiger partial charge in [0.15, 0.2) is 0 Å². The summed E-state index contributed by atoms with van der Waals surface area (Å²) in [5.74, 6) is 0. The Kier molecular flexibility index (Phi) is 4.73. The second kappa shape index (κ2) is 6.92. The number of rotatable bonds is 4. The summed E-state index contributed by atoms with van der Waals surface area (Å²) >= 11 is 2.29. The highest BCUT2D eigenvalue weighted by Crippen LogP contribution is 2.21. The van der Waals surface area contributed by atoms with E-state index in [9.17, 15) is 4.79 Å². The molecule has 0 radical (unpaired) electrons. The van der Waals surface area contributed by atoms with Crippen LogP contribution in [0.2, 0.25) is 0 Å². The zero-order valence-electron chi connectivity index (χ0n) is 12.1. The molecule has 1 heterocycles. The molecule has 22 heavy (non-hydrogen) atoms. The molecule has 0 N–H and O–H groups in total. The number of nitrogens with zero attached hydrogens (tertiary/aromatic N) is 1. The van der Waals surface area contributed by atoms with Gasteiger partial charge in [-0.25, -0.2) is 0 Å². The molecule has 3 heteroatoms. The number of pyridine rings is 1. The minimum Gasteiger partial charge on any atom is -0.304 e. The van der Waals surface area contributed by atoms with Crippen LogP contribution in [-0.2, 0) is 11.0 Å². The Labute approximate surface area is 143 Å². The summed E-state index contributed by atoms with van der Waals surface area (Å²) in [5.41, 5.74) is 4.29. The molecule has 110 valence electrons. The second-order valence-corrected chi connectivity index (χ2v) is 5.92. The quantitative estimate of drug-likeness (QED) is 0.466. The summed E-state index contributed by atoms with van der Waals surface area (Å²) in [6, 6.07) is 24.0. The summed E-state index contributed by atoms with van der Waals surface area (Å²) in [6.45, 7) is 0.589. The van der Waals surface area contributed by atoms with Crippen molar-refractivity contribution in [2.75, 3.05) is 0 Å². The third-order valence-electron chi connectivity index (χ3n) is 3.60. The molecule has 0 aliphatic carbocycles. The normalized spacial score (nSPS) is 10.6. The Balaban J connectivity index is 2.14. The summed E-state index contributed by atoms with van der Waals surface area (Å²) in [7, 11) is 0. The average Bonchev–Trinajstić information content (AvgIpc) is 2.58. The summed E-state index contributed by atoms with van der Waals surface area (Å²) in [4.78, 5) is 12.6. The molecule has 0 aliphatic rings. The van der Waals surface area contributed by atoms with E-state index in [1.165, 1.54) is 0 Å². The van der Waals surface area contributed by atoms with Crippen molar-refractivity contribution in [3.05, 3.63) is 94.3 Å². The minimum atomic E-state index is 0.0527. The van der Waals surface area contributed by atoms with Gasteiger partial charge in [0.2, 0.25) is 0 Å². The van der Waals surface area contributed by atoms with Crippen LogP contribution >= 0.6 is 22.6 Å².